The van der Waals surface area contributed by atoms with Gasteiger partial charge in [0.1, 0.15) is 24.7 Å². The van der Waals surface area contributed by atoms with E-state index in [2.05, 4.69) is 16.0 Å². The van der Waals surface area contributed by atoms with Crippen molar-refractivity contribution in [3.8, 4) is 0 Å². The van der Waals surface area contributed by atoms with E-state index < -0.39 is 42.0 Å². The van der Waals surface area contributed by atoms with Crippen LogP contribution in [0, 0.1) is 11.8 Å². The molecule has 1 aromatic carbocycles. The van der Waals surface area contributed by atoms with Crippen molar-refractivity contribution in [1.29, 1.82) is 0 Å². The lowest BCUT2D eigenvalue weighted by Gasteiger charge is -2.27. The summed E-state index contributed by atoms with van der Waals surface area (Å²) in [4.78, 5) is 49.1. The number of hydrogen-bond acceptors (Lipinski definition) is 6. The highest BCUT2D eigenvalue weighted by atomic mass is 16.5. The van der Waals surface area contributed by atoms with Crippen molar-refractivity contribution < 1.29 is 28.7 Å². The summed E-state index contributed by atoms with van der Waals surface area (Å²) in [5, 5.41) is 7.70. The van der Waals surface area contributed by atoms with Gasteiger partial charge in [-0.3, -0.25) is 9.59 Å². The van der Waals surface area contributed by atoms with Crippen LogP contribution >= 0.6 is 0 Å². The van der Waals surface area contributed by atoms with Gasteiger partial charge >= 0.3 is 12.1 Å². The van der Waals surface area contributed by atoms with Crippen LogP contribution in [0.1, 0.15) is 40.2 Å². The number of nitrogens with one attached hydrogen (secondary N) is 3. The Labute approximate surface area is 183 Å². The van der Waals surface area contributed by atoms with Gasteiger partial charge in [0.05, 0.1) is 7.11 Å². The lowest BCUT2D eigenvalue weighted by atomic mass is 10.00. The fourth-order valence-electron chi connectivity index (χ4n) is 2.69. The molecule has 0 saturated carbocycles. The highest BCUT2D eigenvalue weighted by molar-refractivity contribution is 5.93. The zero-order chi connectivity index (χ0) is 23.6. The van der Waals surface area contributed by atoms with Crippen molar-refractivity contribution in [1.82, 2.24) is 16.0 Å². The van der Waals surface area contributed by atoms with E-state index in [4.69, 9.17) is 9.47 Å². The molecule has 1 rings (SSSR count). The second-order valence-corrected chi connectivity index (χ2v) is 7.91. The molecule has 0 aromatic heterocycles. The zero-order valence-electron chi connectivity index (χ0n) is 18.9. The Kier molecular flexibility index (Phi) is 10.5. The summed E-state index contributed by atoms with van der Waals surface area (Å²) >= 11 is 0. The highest BCUT2D eigenvalue weighted by Crippen LogP contribution is 2.08. The number of rotatable bonds is 10. The first-order valence-electron chi connectivity index (χ1n) is 10.2. The molecule has 0 fully saturated rings. The van der Waals surface area contributed by atoms with Gasteiger partial charge in [-0.05, 0) is 24.3 Å². The molecule has 3 amide bonds. The summed E-state index contributed by atoms with van der Waals surface area (Å²) in [5.41, 5.74) is 0.816. The number of hydrogen-bond donors (Lipinski definition) is 3. The van der Waals surface area contributed by atoms with E-state index in [-0.39, 0.29) is 18.4 Å². The predicted molar refractivity (Wildman–Crippen MR) is 115 cm³/mol. The van der Waals surface area contributed by atoms with Crippen LogP contribution in [0.3, 0.4) is 0 Å². The largest absolute Gasteiger partial charge is 0.467 e. The number of amides is 3. The molecule has 9 heteroatoms. The Morgan fingerprint density at radius 1 is 0.806 bits per heavy atom. The smallest absolute Gasteiger partial charge is 0.408 e. The molecular formula is C22H33N3O6. The summed E-state index contributed by atoms with van der Waals surface area (Å²) in [5.74, 6) is -2.07. The Morgan fingerprint density at radius 3 is 1.87 bits per heavy atom. The van der Waals surface area contributed by atoms with Gasteiger partial charge in [-0.15, -0.1) is 0 Å². The van der Waals surface area contributed by atoms with Crippen LogP contribution in [-0.4, -0.2) is 49.1 Å². The van der Waals surface area contributed by atoms with E-state index in [1.54, 1.807) is 27.7 Å². The van der Waals surface area contributed by atoms with Gasteiger partial charge in [0, 0.05) is 0 Å². The third kappa shape index (κ3) is 8.65. The molecular weight excluding hydrogens is 402 g/mol. The standard InChI is InChI=1S/C22H33N3O6/c1-13(2)17(20(27)25-18(14(3)4)21(28)30-6)24-19(26)15(5)23-22(29)31-12-16-10-8-7-9-11-16/h7-11,13-15,17-18H,12H2,1-6H3,(H,23,29)(H,24,26)(H,25,27)/t15-,17-,18-/m0/s1. The third-order valence-electron chi connectivity index (χ3n) is 4.61. The normalized spacial score (nSPS) is 13.7. The van der Waals surface area contributed by atoms with Crippen LogP contribution in [-0.2, 0) is 30.5 Å². The molecule has 0 spiro atoms. The monoisotopic (exact) mass is 435 g/mol. The van der Waals surface area contributed by atoms with Crippen molar-refractivity contribution in [3.05, 3.63) is 35.9 Å². The molecule has 3 N–H and O–H groups in total. The van der Waals surface area contributed by atoms with E-state index in [0.29, 0.717) is 0 Å². The van der Waals surface area contributed by atoms with Crippen LogP contribution in [0.15, 0.2) is 30.3 Å². The van der Waals surface area contributed by atoms with Gasteiger partial charge in [-0.1, -0.05) is 58.0 Å². The minimum Gasteiger partial charge on any atom is -0.467 e. The maximum Gasteiger partial charge on any atom is 0.408 e. The molecule has 0 radical (unpaired) electrons. The average molecular weight is 436 g/mol. The van der Waals surface area contributed by atoms with Crippen molar-refractivity contribution >= 4 is 23.9 Å². The average Bonchev–Trinajstić information content (AvgIpc) is 2.73. The Morgan fingerprint density at radius 2 is 1.35 bits per heavy atom. The summed E-state index contributed by atoms with van der Waals surface area (Å²) in [6.45, 7) is 8.64. The summed E-state index contributed by atoms with van der Waals surface area (Å²) in [6, 6.07) is 6.47. The zero-order valence-corrected chi connectivity index (χ0v) is 18.9. The van der Waals surface area contributed by atoms with E-state index >= 15 is 0 Å². The van der Waals surface area contributed by atoms with Gasteiger partial charge in [0.15, 0.2) is 0 Å². The van der Waals surface area contributed by atoms with Crippen molar-refractivity contribution in [2.45, 2.75) is 59.4 Å². The Bertz CT molecular complexity index is 751. The summed E-state index contributed by atoms with van der Waals surface area (Å²) in [6.07, 6.45) is -0.748. The van der Waals surface area contributed by atoms with E-state index in [1.807, 2.05) is 30.3 Å². The first kappa shape index (κ1) is 25.9. The van der Waals surface area contributed by atoms with Crippen LogP contribution in [0.2, 0.25) is 0 Å². The van der Waals surface area contributed by atoms with Gasteiger partial charge in [0.25, 0.3) is 0 Å². The van der Waals surface area contributed by atoms with Crippen molar-refractivity contribution in [2.75, 3.05) is 7.11 Å². The van der Waals surface area contributed by atoms with E-state index in [9.17, 15) is 19.2 Å². The second-order valence-electron chi connectivity index (χ2n) is 7.91. The molecule has 0 saturated heterocycles. The lowest BCUT2D eigenvalue weighted by molar-refractivity contribution is -0.146. The first-order chi connectivity index (χ1) is 14.6. The minimum atomic E-state index is -0.932. The fraction of sp³-hybridized carbons (Fsp3) is 0.545. The van der Waals surface area contributed by atoms with Gasteiger partial charge in [0.2, 0.25) is 11.8 Å². The lowest BCUT2D eigenvalue weighted by Crippen LogP contribution is -2.57. The molecule has 3 atom stereocenters. The molecule has 172 valence electrons. The number of ether oxygens (including phenoxy) is 2. The van der Waals surface area contributed by atoms with E-state index in [1.165, 1.54) is 14.0 Å². The summed E-state index contributed by atoms with van der Waals surface area (Å²) < 4.78 is 9.84. The Balaban J connectivity index is 2.65. The number of carbonyl (C=O) groups excluding carboxylic acids is 4. The number of alkyl carbamates (subject to hydrolysis) is 1. The molecule has 0 heterocycles. The molecule has 1 aromatic rings. The van der Waals surface area contributed by atoms with Gasteiger partial charge in [-0.2, -0.15) is 0 Å². The number of methoxy groups -OCH3 is 1. The SMILES string of the molecule is COC(=O)[C@@H](NC(=O)[C@@H](NC(=O)[C@H](C)NC(=O)OCc1ccccc1)C(C)C)C(C)C. The number of carbonyl (C=O) groups is 4. The van der Waals surface area contributed by atoms with Crippen LogP contribution < -0.4 is 16.0 Å². The fourth-order valence-corrected chi connectivity index (χ4v) is 2.69. The molecule has 0 aliphatic carbocycles. The first-order valence-corrected chi connectivity index (χ1v) is 10.2. The maximum absolute atomic E-state index is 12.7. The highest BCUT2D eigenvalue weighted by Gasteiger charge is 2.31. The quantitative estimate of drug-likeness (QED) is 0.481. The predicted octanol–water partition coefficient (Wildman–Crippen LogP) is 1.76. The molecule has 0 bridgehead atoms. The molecule has 0 aliphatic heterocycles. The Hall–Kier alpha value is -3.10. The van der Waals surface area contributed by atoms with E-state index in [0.717, 1.165) is 5.56 Å². The number of benzene rings is 1. The maximum atomic E-state index is 12.7. The second kappa shape index (κ2) is 12.6. The van der Waals surface area contributed by atoms with Gasteiger partial charge < -0.3 is 25.4 Å². The third-order valence-corrected chi connectivity index (χ3v) is 4.61. The van der Waals surface area contributed by atoms with Crippen LogP contribution in [0.4, 0.5) is 4.79 Å². The van der Waals surface area contributed by atoms with Crippen molar-refractivity contribution in [2.24, 2.45) is 11.8 Å². The molecule has 31 heavy (non-hydrogen) atoms. The van der Waals surface area contributed by atoms with Crippen molar-refractivity contribution in [3.63, 3.8) is 0 Å². The summed E-state index contributed by atoms with van der Waals surface area (Å²) in [7, 11) is 1.25. The van der Waals surface area contributed by atoms with Crippen LogP contribution in [0.5, 0.6) is 0 Å². The minimum absolute atomic E-state index is 0.0716. The molecule has 0 unspecified atom stereocenters. The topological polar surface area (TPSA) is 123 Å². The van der Waals surface area contributed by atoms with Crippen LogP contribution in [0.25, 0.3) is 0 Å². The molecule has 0 aliphatic rings. The number of esters is 1. The van der Waals surface area contributed by atoms with Gasteiger partial charge in [-0.25, -0.2) is 9.59 Å². The molecule has 9 nitrogen and oxygen atoms in total.